The van der Waals surface area contributed by atoms with Gasteiger partial charge in [0.15, 0.2) is 0 Å². The monoisotopic (exact) mass is 447 g/mol. The summed E-state index contributed by atoms with van der Waals surface area (Å²) in [5, 5.41) is 0. The van der Waals surface area contributed by atoms with Crippen LogP contribution in [-0.2, 0) is 20.2 Å². The van der Waals surface area contributed by atoms with Crippen LogP contribution in [0.1, 0.15) is 56.6 Å². The third kappa shape index (κ3) is 4.69. The van der Waals surface area contributed by atoms with Gasteiger partial charge in [-0.3, -0.25) is 4.79 Å². The Morgan fingerprint density at radius 3 is 2.35 bits per heavy atom. The van der Waals surface area contributed by atoms with E-state index in [4.69, 9.17) is 0 Å². The van der Waals surface area contributed by atoms with E-state index in [9.17, 15) is 13.2 Å². The molecule has 2 aliphatic heterocycles. The lowest BCUT2D eigenvalue weighted by molar-refractivity contribution is -0.133. The second-order valence-corrected chi connectivity index (χ2v) is 12.2. The van der Waals surface area contributed by atoms with E-state index >= 15 is 0 Å². The molecule has 2 fully saturated rings. The number of hydrogen-bond donors (Lipinski definition) is 0. The molecule has 1 atom stereocenters. The minimum atomic E-state index is -3.19. The van der Waals surface area contributed by atoms with Crippen molar-refractivity contribution >= 4 is 15.9 Å². The predicted molar refractivity (Wildman–Crippen MR) is 124 cm³/mol. The van der Waals surface area contributed by atoms with Gasteiger partial charge in [0.2, 0.25) is 15.9 Å². The normalized spacial score (nSPS) is 24.6. The van der Waals surface area contributed by atoms with Crippen molar-refractivity contribution in [3.05, 3.63) is 35.4 Å². The second kappa shape index (κ2) is 8.83. The standard InChI is InChI=1S/C24H37N3O3S/c1-19(2)18-31(29,30)27-10-8-24(9-11-27)17-20(21-6-4-5-7-22(21)24)16-23(28)26-14-12-25(3)13-15-26/h4-7,19-20H,8-18H2,1-3H3/t20-/m1/s1. The molecule has 2 saturated heterocycles. The molecule has 4 rings (SSSR count). The smallest absolute Gasteiger partial charge is 0.223 e. The number of hydrogen-bond acceptors (Lipinski definition) is 4. The Hall–Kier alpha value is -1.44. The van der Waals surface area contributed by atoms with Gasteiger partial charge in [0.1, 0.15) is 0 Å². The molecule has 1 aliphatic carbocycles. The van der Waals surface area contributed by atoms with Crippen molar-refractivity contribution in [2.24, 2.45) is 5.92 Å². The average molecular weight is 448 g/mol. The summed E-state index contributed by atoms with van der Waals surface area (Å²) in [6, 6.07) is 8.57. The van der Waals surface area contributed by atoms with Crippen molar-refractivity contribution in [2.45, 2.75) is 50.9 Å². The maximum atomic E-state index is 13.0. The van der Waals surface area contributed by atoms with E-state index in [0.29, 0.717) is 19.5 Å². The van der Waals surface area contributed by atoms with E-state index in [1.807, 2.05) is 18.7 Å². The summed E-state index contributed by atoms with van der Waals surface area (Å²) in [6.45, 7) is 8.60. The van der Waals surface area contributed by atoms with Gasteiger partial charge in [0, 0.05) is 45.7 Å². The molecule has 3 aliphatic rings. The van der Waals surface area contributed by atoms with E-state index in [2.05, 4.69) is 36.2 Å². The van der Waals surface area contributed by atoms with Crippen molar-refractivity contribution in [3.8, 4) is 0 Å². The molecule has 172 valence electrons. The number of likely N-dealkylation sites (N-methyl/N-ethyl adjacent to an activating group) is 1. The molecule has 31 heavy (non-hydrogen) atoms. The van der Waals surface area contributed by atoms with Gasteiger partial charge >= 0.3 is 0 Å². The molecule has 0 aromatic heterocycles. The van der Waals surface area contributed by atoms with Crippen LogP contribution in [0.4, 0.5) is 0 Å². The highest BCUT2D eigenvalue weighted by molar-refractivity contribution is 7.89. The van der Waals surface area contributed by atoms with E-state index in [-0.39, 0.29) is 28.9 Å². The largest absolute Gasteiger partial charge is 0.340 e. The van der Waals surface area contributed by atoms with E-state index in [0.717, 1.165) is 45.4 Å². The Bertz CT molecular complexity index is 898. The molecule has 1 aromatic carbocycles. The summed E-state index contributed by atoms with van der Waals surface area (Å²) in [5.41, 5.74) is 2.67. The van der Waals surface area contributed by atoms with Gasteiger partial charge in [-0.25, -0.2) is 12.7 Å². The first-order valence-electron chi connectivity index (χ1n) is 11.7. The van der Waals surface area contributed by atoms with E-state index in [1.165, 1.54) is 11.1 Å². The van der Waals surface area contributed by atoms with Gasteiger partial charge in [0.25, 0.3) is 0 Å². The lowest BCUT2D eigenvalue weighted by atomic mass is 9.73. The minimum Gasteiger partial charge on any atom is -0.340 e. The molecule has 6 nitrogen and oxygen atoms in total. The molecule has 7 heteroatoms. The third-order valence-electron chi connectivity index (χ3n) is 7.50. The number of sulfonamides is 1. The molecule has 1 spiro atoms. The fraction of sp³-hybridized carbons (Fsp3) is 0.708. The van der Waals surface area contributed by atoms with Gasteiger partial charge in [-0.1, -0.05) is 38.1 Å². The second-order valence-electron chi connectivity index (χ2n) is 10.2. The van der Waals surface area contributed by atoms with Crippen LogP contribution in [0.2, 0.25) is 0 Å². The zero-order valence-corrected chi connectivity index (χ0v) is 20.0. The highest BCUT2D eigenvalue weighted by atomic mass is 32.2. The molecule has 1 amide bonds. The van der Waals surface area contributed by atoms with Crippen molar-refractivity contribution in [3.63, 3.8) is 0 Å². The number of benzene rings is 1. The number of amides is 1. The van der Waals surface area contributed by atoms with Crippen molar-refractivity contribution in [2.75, 3.05) is 52.1 Å². The van der Waals surface area contributed by atoms with Crippen LogP contribution in [0.15, 0.2) is 24.3 Å². The van der Waals surface area contributed by atoms with Crippen LogP contribution in [0.3, 0.4) is 0 Å². The summed E-state index contributed by atoms with van der Waals surface area (Å²) in [7, 11) is -1.09. The first-order chi connectivity index (χ1) is 14.7. The Morgan fingerprint density at radius 2 is 1.71 bits per heavy atom. The minimum absolute atomic E-state index is 0.00745. The third-order valence-corrected chi connectivity index (χ3v) is 9.74. The van der Waals surface area contributed by atoms with E-state index in [1.54, 1.807) is 4.31 Å². The lowest BCUT2D eigenvalue weighted by Gasteiger charge is -2.40. The zero-order chi connectivity index (χ0) is 22.2. The first kappa shape index (κ1) is 22.7. The zero-order valence-electron chi connectivity index (χ0n) is 19.2. The molecule has 0 N–H and O–H groups in total. The SMILES string of the molecule is CC(C)CS(=O)(=O)N1CCC2(CC1)C[C@@H](CC(=O)N1CCN(C)CC1)c1ccccc12. The number of nitrogens with zero attached hydrogens (tertiary/aromatic N) is 3. The van der Waals surface area contributed by atoms with E-state index < -0.39 is 10.0 Å². The van der Waals surface area contributed by atoms with Crippen LogP contribution >= 0.6 is 0 Å². The van der Waals surface area contributed by atoms with Gasteiger partial charge in [-0.05, 0) is 54.7 Å². The molecule has 0 bridgehead atoms. The topological polar surface area (TPSA) is 60.9 Å². The molecule has 0 unspecified atom stereocenters. The van der Waals surface area contributed by atoms with Crippen LogP contribution < -0.4 is 0 Å². The summed E-state index contributed by atoms with van der Waals surface area (Å²) >= 11 is 0. The van der Waals surface area contributed by atoms with Crippen molar-refractivity contribution < 1.29 is 13.2 Å². The summed E-state index contributed by atoms with van der Waals surface area (Å²) in [5.74, 6) is 0.862. The number of fused-ring (bicyclic) bond motifs is 2. The first-order valence-corrected chi connectivity index (χ1v) is 13.3. The maximum Gasteiger partial charge on any atom is 0.223 e. The quantitative estimate of drug-likeness (QED) is 0.696. The molecule has 0 saturated carbocycles. The summed E-state index contributed by atoms with van der Waals surface area (Å²) < 4.78 is 27.1. The van der Waals surface area contributed by atoms with Crippen LogP contribution in [0.25, 0.3) is 0 Å². The number of rotatable bonds is 5. The predicted octanol–water partition coefficient (Wildman–Crippen LogP) is 2.66. The van der Waals surface area contributed by atoms with Crippen LogP contribution in [0.5, 0.6) is 0 Å². The fourth-order valence-corrected chi connectivity index (χ4v) is 7.59. The molecular formula is C24H37N3O3S. The molecular weight excluding hydrogens is 410 g/mol. The maximum absolute atomic E-state index is 13.0. The molecule has 2 heterocycles. The fourth-order valence-electron chi connectivity index (χ4n) is 5.80. The van der Waals surface area contributed by atoms with Crippen molar-refractivity contribution in [1.29, 1.82) is 0 Å². The van der Waals surface area contributed by atoms with Gasteiger partial charge in [0.05, 0.1) is 5.75 Å². The number of piperidine rings is 1. The van der Waals surface area contributed by atoms with Gasteiger partial charge in [-0.15, -0.1) is 0 Å². The van der Waals surface area contributed by atoms with Crippen molar-refractivity contribution in [1.82, 2.24) is 14.1 Å². The summed E-state index contributed by atoms with van der Waals surface area (Å²) in [4.78, 5) is 17.3. The molecule has 0 radical (unpaired) electrons. The van der Waals surface area contributed by atoms with Crippen LogP contribution in [-0.4, -0.2) is 80.5 Å². The van der Waals surface area contributed by atoms with Gasteiger partial charge in [-0.2, -0.15) is 0 Å². The Balaban J connectivity index is 1.47. The number of carbonyl (C=O) groups excluding carboxylic acids is 1. The summed E-state index contributed by atoms with van der Waals surface area (Å²) in [6.07, 6.45) is 3.23. The Morgan fingerprint density at radius 1 is 1.06 bits per heavy atom. The number of piperazine rings is 1. The Labute approximate surface area is 187 Å². The number of carbonyl (C=O) groups is 1. The van der Waals surface area contributed by atoms with Crippen LogP contribution in [0, 0.1) is 5.92 Å². The average Bonchev–Trinajstić information content (AvgIpc) is 3.01. The van der Waals surface area contributed by atoms with Gasteiger partial charge < -0.3 is 9.80 Å². The highest BCUT2D eigenvalue weighted by Crippen LogP contribution is 2.53. The lowest BCUT2D eigenvalue weighted by Crippen LogP contribution is -2.47. The Kier molecular flexibility index (Phi) is 6.48. The highest BCUT2D eigenvalue weighted by Gasteiger charge is 2.47. The molecule has 1 aromatic rings.